The van der Waals surface area contributed by atoms with Gasteiger partial charge in [-0.25, -0.2) is 4.39 Å². The first kappa shape index (κ1) is 7.55. The van der Waals surface area contributed by atoms with E-state index in [-0.39, 0.29) is 5.82 Å². The van der Waals surface area contributed by atoms with Crippen molar-refractivity contribution in [2.75, 3.05) is 0 Å². The van der Waals surface area contributed by atoms with Crippen LogP contribution in [0.4, 0.5) is 4.39 Å². The maximum Gasteiger partial charge on any atom is 0.129 e. The first-order valence-electron chi connectivity index (χ1n) is 3.03. The second-order valence-corrected chi connectivity index (χ2v) is 2.79. The zero-order valence-corrected chi connectivity index (χ0v) is 6.67. The summed E-state index contributed by atoms with van der Waals surface area (Å²) in [6.45, 7) is 3.41. The number of aryl methyl sites for hydroxylation is 2. The smallest absolute Gasteiger partial charge is 0.129 e. The van der Waals surface area contributed by atoms with Gasteiger partial charge in [0.1, 0.15) is 5.82 Å². The predicted octanol–water partition coefficient (Wildman–Crippen LogP) is 3.10. The van der Waals surface area contributed by atoms with Crippen molar-refractivity contribution < 1.29 is 4.39 Å². The molecule has 0 bridgehead atoms. The number of benzene rings is 1. The summed E-state index contributed by atoms with van der Waals surface area (Å²) >= 11 is 5.66. The summed E-state index contributed by atoms with van der Waals surface area (Å²) in [6.07, 6.45) is 0. The number of hydrogen-bond donors (Lipinski definition) is 0. The van der Waals surface area contributed by atoms with Gasteiger partial charge in [-0.15, -0.1) is 0 Å². The van der Waals surface area contributed by atoms with Crippen LogP contribution in [-0.4, -0.2) is 0 Å². The lowest BCUT2D eigenvalue weighted by atomic mass is 10.1. The Morgan fingerprint density at radius 2 is 1.60 bits per heavy atom. The van der Waals surface area contributed by atoms with Crippen molar-refractivity contribution >= 4 is 11.6 Å². The molecule has 0 radical (unpaired) electrons. The maximum atomic E-state index is 12.9. The molecule has 1 aromatic carbocycles. The average molecular weight is 159 g/mol. The van der Waals surface area contributed by atoms with Crippen LogP contribution in [0.15, 0.2) is 12.1 Å². The van der Waals surface area contributed by atoms with Gasteiger partial charge in [0.15, 0.2) is 0 Å². The highest BCUT2D eigenvalue weighted by Gasteiger charge is 2.01. The minimum absolute atomic E-state index is 0.163. The molecule has 54 valence electrons. The number of rotatable bonds is 0. The third kappa shape index (κ3) is 1.29. The molecule has 0 saturated heterocycles. The Hall–Kier alpha value is -0.560. The highest BCUT2D eigenvalue weighted by atomic mass is 35.5. The zero-order valence-electron chi connectivity index (χ0n) is 5.91. The van der Waals surface area contributed by atoms with Crippen LogP contribution in [0.2, 0.25) is 5.02 Å². The van der Waals surface area contributed by atoms with Crippen LogP contribution in [0.3, 0.4) is 0 Å². The van der Waals surface area contributed by atoms with Gasteiger partial charge in [0.2, 0.25) is 0 Å². The van der Waals surface area contributed by atoms with Gasteiger partial charge in [-0.05, 0) is 37.1 Å². The molecule has 0 saturated carbocycles. The van der Waals surface area contributed by atoms with Crippen LogP contribution in [-0.2, 0) is 0 Å². The van der Waals surface area contributed by atoms with Crippen molar-refractivity contribution in [2.24, 2.45) is 0 Å². The summed E-state index contributed by atoms with van der Waals surface area (Å²) in [5.74, 6) is -0.163. The van der Waals surface area contributed by atoms with Gasteiger partial charge < -0.3 is 0 Å². The second kappa shape index (κ2) is 2.59. The van der Waals surface area contributed by atoms with Crippen molar-refractivity contribution in [1.82, 2.24) is 0 Å². The van der Waals surface area contributed by atoms with Crippen LogP contribution in [0.25, 0.3) is 0 Å². The Balaban J connectivity index is 3.31. The molecule has 0 aliphatic heterocycles. The van der Waals surface area contributed by atoms with Gasteiger partial charge >= 0.3 is 0 Å². The zero-order chi connectivity index (χ0) is 7.72. The predicted molar refractivity (Wildman–Crippen MR) is 40.9 cm³/mol. The van der Waals surface area contributed by atoms with E-state index < -0.39 is 0 Å². The first-order valence-corrected chi connectivity index (χ1v) is 3.41. The standard InChI is InChI=1S/C8H8ClF/c1-5-3-7(9)4-6(2)8(5)10/h3-4H,1-2H3. The molecule has 1 rings (SSSR count). The molecule has 0 nitrogen and oxygen atoms in total. The van der Waals surface area contributed by atoms with Gasteiger partial charge in [0.05, 0.1) is 0 Å². The molecule has 0 unspecified atom stereocenters. The van der Waals surface area contributed by atoms with E-state index in [1.165, 1.54) is 0 Å². The molecule has 0 spiro atoms. The molecule has 1 aromatic rings. The van der Waals surface area contributed by atoms with Crippen molar-refractivity contribution in [1.29, 1.82) is 0 Å². The first-order chi connectivity index (χ1) is 4.61. The maximum absolute atomic E-state index is 12.9. The lowest BCUT2D eigenvalue weighted by Gasteiger charge is -1.99. The van der Waals surface area contributed by atoms with Crippen LogP contribution in [0, 0.1) is 19.7 Å². The summed E-state index contributed by atoms with van der Waals surface area (Å²) in [6, 6.07) is 3.23. The van der Waals surface area contributed by atoms with E-state index in [0.29, 0.717) is 16.1 Å². The fourth-order valence-corrected chi connectivity index (χ4v) is 1.22. The SMILES string of the molecule is Cc1cc(Cl)cc(C)c1F. The number of hydrogen-bond acceptors (Lipinski definition) is 0. The Labute approximate surface area is 64.6 Å². The number of halogens is 2. The van der Waals surface area contributed by atoms with Crippen LogP contribution in [0.5, 0.6) is 0 Å². The van der Waals surface area contributed by atoms with Crippen molar-refractivity contribution in [3.63, 3.8) is 0 Å². The van der Waals surface area contributed by atoms with Crippen LogP contribution >= 0.6 is 11.6 Å². The highest BCUT2D eigenvalue weighted by molar-refractivity contribution is 6.30. The molecule has 0 amide bonds. The Kier molecular flexibility index (Phi) is 1.95. The van der Waals surface area contributed by atoms with Gasteiger partial charge in [0, 0.05) is 5.02 Å². The summed E-state index contributed by atoms with van der Waals surface area (Å²) in [5.41, 5.74) is 1.20. The average Bonchev–Trinajstić information content (AvgIpc) is 1.82. The Morgan fingerprint density at radius 3 is 2.00 bits per heavy atom. The van der Waals surface area contributed by atoms with Gasteiger partial charge in [-0.3, -0.25) is 0 Å². The molecular weight excluding hydrogens is 151 g/mol. The second-order valence-electron chi connectivity index (χ2n) is 2.35. The van der Waals surface area contributed by atoms with Crippen molar-refractivity contribution in [3.05, 3.63) is 34.1 Å². The van der Waals surface area contributed by atoms with E-state index in [0.717, 1.165) is 0 Å². The van der Waals surface area contributed by atoms with Crippen molar-refractivity contribution in [3.8, 4) is 0 Å². The van der Waals surface area contributed by atoms with E-state index in [1.807, 2.05) is 0 Å². The fraction of sp³-hybridized carbons (Fsp3) is 0.250. The summed E-state index contributed by atoms with van der Waals surface area (Å²) in [4.78, 5) is 0. The van der Waals surface area contributed by atoms with Gasteiger partial charge in [-0.2, -0.15) is 0 Å². The van der Waals surface area contributed by atoms with E-state index in [1.54, 1.807) is 26.0 Å². The molecular formula is C8H8ClF. The summed E-state index contributed by atoms with van der Waals surface area (Å²) in [7, 11) is 0. The van der Waals surface area contributed by atoms with E-state index >= 15 is 0 Å². The topological polar surface area (TPSA) is 0 Å². The Morgan fingerprint density at radius 1 is 1.20 bits per heavy atom. The minimum atomic E-state index is -0.163. The quantitative estimate of drug-likeness (QED) is 0.544. The molecule has 0 heterocycles. The van der Waals surface area contributed by atoms with Crippen LogP contribution < -0.4 is 0 Å². The summed E-state index contributed by atoms with van der Waals surface area (Å²) < 4.78 is 12.9. The normalized spacial score (nSPS) is 10.0. The highest BCUT2D eigenvalue weighted by Crippen LogP contribution is 2.17. The molecule has 0 N–H and O–H groups in total. The van der Waals surface area contributed by atoms with Gasteiger partial charge in [-0.1, -0.05) is 11.6 Å². The monoisotopic (exact) mass is 158 g/mol. The molecule has 0 aliphatic carbocycles. The molecule has 0 fully saturated rings. The third-order valence-electron chi connectivity index (χ3n) is 1.40. The van der Waals surface area contributed by atoms with E-state index in [2.05, 4.69) is 0 Å². The molecule has 0 aromatic heterocycles. The fourth-order valence-electron chi connectivity index (χ4n) is 0.893. The molecule has 0 aliphatic rings. The van der Waals surface area contributed by atoms with E-state index in [4.69, 9.17) is 11.6 Å². The minimum Gasteiger partial charge on any atom is -0.206 e. The lowest BCUT2D eigenvalue weighted by Crippen LogP contribution is -1.86. The van der Waals surface area contributed by atoms with E-state index in [9.17, 15) is 4.39 Å². The van der Waals surface area contributed by atoms with Crippen molar-refractivity contribution in [2.45, 2.75) is 13.8 Å². The Bertz CT molecular complexity index is 232. The lowest BCUT2D eigenvalue weighted by molar-refractivity contribution is 0.609. The van der Waals surface area contributed by atoms with Gasteiger partial charge in [0.25, 0.3) is 0 Å². The molecule has 2 heteroatoms. The molecule has 10 heavy (non-hydrogen) atoms. The molecule has 0 atom stereocenters. The third-order valence-corrected chi connectivity index (χ3v) is 1.62. The summed E-state index contributed by atoms with van der Waals surface area (Å²) in [5, 5.41) is 0.594. The van der Waals surface area contributed by atoms with Crippen LogP contribution in [0.1, 0.15) is 11.1 Å². The largest absolute Gasteiger partial charge is 0.206 e.